The highest BCUT2D eigenvalue weighted by molar-refractivity contribution is 7.89. The van der Waals surface area contributed by atoms with Crippen LogP contribution in [0.15, 0.2) is 59.9 Å². The van der Waals surface area contributed by atoms with Gasteiger partial charge in [0.15, 0.2) is 5.78 Å². The maximum Gasteiger partial charge on any atom is 0.243 e. The molecule has 1 aromatic heterocycles. The number of para-hydroxylation sites is 1. The molecule has 10 heteroatoms. The van der Waals surface area contributed by atoms with Crippen LogP contribution in [0.3, 0.4) is 0 Å². The number of Topliss-reactive ketones (excluding diaryl/α,β-unsaturated/α-hetero) is 1. The molecule has 1 atom stereocenters. The van der Waals surface area contributed by atoms with E-state index in [1.165, 1.54) is 6.20 Å². The van der Waals surface area contributed by atoms with E-state index in [1.54, 1.807) is 49.8 Å². The minimum absolute atomic E-state index is 0.0589. The zero-order valence-corrected chi connectivity index (χ0v) is 23.4. The molecule has 1 fully saturated rings. The van der Waals surface area contributed by atoms with E-state index in [0.29, 0.717) is 52.8 Å². The summed E-state index contributed by atoms with van der Waals surface area (Å²) < 4.78 is 45.8. The molecule has 208 valence electrons. The molecule has 39 heavy (non-hydrogen) atoms. The fraction of sp³-hybridized carbons (Fsp3) is 0.414. The second kappa shape index (κ2) is 13.1. The molecule has 9 nitrogen and oxygen atoms in total. The molecule has 1 aliphatic rings. The van der Waals surface area contributed by atoms with Gasteiger partial charge < -0.3 is 14.2 Å². The van der Waals surface area contributed by atoms with Crippen LogP contribution in [0, 0.1) is 13.8 Å². The number of sulfonamides is 1. The first-order valence-corrected chi connectivity index (χ1v) is 14.5. The van der Waals surface area contributed by atoms with Gasteiger partial charge in [0.05, 0.1) is 24.8 Å². The summed E-state index contributed by atoms with van der Waals surface area (Å²) in [6, 6.07) is 10.7. The van der Waals surface area contributed by atoms with Gasteiger partial charge in [-0.15, -0.1) is 0 Å². The van der Waals surface area contributed by atoms with Crippen molar-refractivity contribution in [3.8, 4) is 17.4 Å². The molecule has 2 heterocycles. The summed E-state index contributed by atoms with van der Waals surface area (Å²) in [4.78, 5) is 21.1. The van der Waals surface area contributed by atoms with Crippen LogP contribution in [0.1, 0.15) is 42.4 Å². The van der Waals surface area contributed by atoms with Crippen LogP contribution < -0.4 is 9.47 Å². The maximum absolute atomic E-state index is 13.7. The number of nitrogens with zero attached hydrogens (tertiary/aromatic N) is 3. The zero-order chi connectivity index (χ0) is 27.8. The van der Waals surface area contributed by atoms with E-state index in [0.717, 1.165) is 18.4 Å². The van der Waals surface area contributed by atoms with E-state index in [4.69, 9.17) is 14.2 Å². The Balaban J connectivity index is 1.34. The number of rotatable bonds is 12. The molecule has 3 aromatic rings. The van der Waals surface area contributed by atoms with E-state index in [2.05, 4.69) is 9.97 Å². The Morgan fingerprint density at radius 2 is 1.87 bits per heavy atom. The van der Waals surface area contributed by atoms with Gasteiger partial charge in [-0.3, -0.25) is 9.78 Å². The lowest BCUT2D eigenvalue weighted by Gasteiger charge is -2.35. The Morgan fingerprint density at radius 1 is 1.10 bits per heavy atom. The first-order chi connectivity index (χ1) is 18.8. The van der Waals surface area contributed by atoms with Gasteiger partial charge in [0.25, 0.3) is 0 Å². The first kappa shape index (κ1) is 28.7. The highest BCUT2D eigenvalue weighted by Gasteiger charge is 2.35. The molecule has 1 aliphatic heterocycles. The highest BCUT2D eigenvalue weighted by atomic mass is 32.2. The van der Waals surface area contributed by atoms with E-state index < -0.39 is 10.0 Å². The predicted molar refractivity (Wildman–Crippen MR) is 147 cm³/mol. The van der Waals surface area contributed by atoms with Gasteiger partial charge in [0.1, 0.15) is 18.1 Å². The van der Waals surface area contributed by atoms with Crippen LogP contribution in [0.25, 0.3) is 0 Å². The summed E-state index contributed by atoms with van der Waals surface area (Å²) in [5.74, 6) is 1.57. The summed E-state index contributed by atoms with van der Waals surface area (Å²) in [7, 11) is -2.17. The Hall–Kier alpha value is -3.34. The number of methoxy groups -OCH3 is 1. The Labute approximate surface area is 230 Å². The third-order valence-corrected chi connectivity index (χ3v) is 9.04. The fourth-order valence-corrected chi connectivity index (χ4v) is 7.02. The lowest BCUT2D eigenvalue weighted by molar-refractivity contribution is -0.124. The van der Waals surface area contributed by atoms with Crippen molar-refractivity contribution in [2.45, 2.75) is 56.9 Å². The molecule has 0 aliphatic carbocycles. The van der Waals surface area contributed by atoms with Crippen molar-refractivity contribution in [3.63, 3.8) is 0 Å². The normalized spacial score (nSPS) is 16.1. The molecule has 0 N–H and O–H groups in total. The molecule has 1 unspecified atom stereocenters. The quantitative estimate of drug-likeness (QED) is 0.319. The number of carbonyl (C=O) groups is 1. The van der Waals surface area contributed by atoms with Crippen molar-refractivity contribution in [1.29, 1.82) is 0 Å². The van der Waals surface area contributed by atoms with Crippen LogP contribution in [0.5, 0.6) is 17.4 Å². The smallest absolute Gasteiger partial charge is 0.243 e. The Morgan fingerprint density at radius 3 is 2.59 bits per heavy atom. The largest absolute Gasteiger partial charge is 0.497 e. The van der Waals surface area contributed by atoms with Gasteiger partial charge in [-0.2, -0.15) is 4.31 Å². The molecule has 0 amide bonds. The van der Waals surface area contributed by atoms with E-state index in [1.807, 2.05) is 24.3 Å². The second-order valence-corrected chi connectivity index (χ2v) is 11.5. The lowest BCUT2D eigenvalue weighted by Crippen LogP contribution is -2.46. The van der Waals surface area contributed by atoms with Crippen molar-refractivity contribution in [3.05, 3.63) is 71.7 Å². The number of carbonyl (C=O) groups excluding carboxylic acids is 1. The molecule has 0 spiro atoms. The standard InChI is InChI=1S/C29H35N3O6S/c1-21-16-26(36-3)17-22(2)29(21)39(34,35)32-15-7-6-9-24(32)19-37-20-25(33)12-11-23-8-4-5-10-27(23)38-28-18-30-13-14-31-28/h4-5,8,10,13-14,16-18,24H,6-7,9,11-12,15,19-20H2,1-3H3. The third-order valence-electron chi connectivity index (χ3n) is 6.78. The summed E-state index contributed by atoms with van der Waals surface area (Å²) in [5, 5.41) is 0. The highest BCUT2D eigenvalue weighted by Crippen LogP contribution is 2.32. The molecule has 4 rings (SSSR count). The number of ether oxygens (including phenoxy) is 3. The van der Waals surface area contributed by atoms with Gasteiger partial charge in [-0.1, -0.05) is 24.6 Å². The minimum Gasteiger partial charge on any atom is -0.497 e. The maximum atomic E-state index is 13.7. The van der Waals surface area contributed by atoms with Crippen molar-refractivity contribution in [1.82, 2.24) is 14.3 Å². The molecule has 2 aromatic carbocycles. The number of hydrogen-bond acceptors (Lipinski definition) is 8. The van der Waals surface area contributed by atoms with Crippen molar-refractivity contribution >= 4 is 15.8 Å². The van der Waals surface area contributed by atoms with Crippen LogP contribution in [0.4, 0.5) is 0 Å². The van der Waals surface area contributed by atoms with E-state index in [-0.39, 0.29) is 31.5 Å². The Kier molecular flexibility index (Phi) is 9.66. The number of piperidine rings is 1. The zero-order valence-electron chi connectivity index (χ0n) is 22.6. The summed E-state index contributed by atoms with van der Waals surface area (Å²) in [6.45, 7) is 4.10. The average molecular weight is 554 g/mol. The monoisotopic (exact) mass is 553 g/mol. The molecule has 0 radical (unpaired) electrons. The Bertz CT molecular complexity index is 1360. The van der Waals surface area contributed by atoms with E-state index in [9.17, 15) is 13.2 Å². The van der Waals surface area contributed by atoms with Gasteiger partial charge in [0.2, 0.25) is 15.9 Å². The van der Waals surface area contributed by atoms with Crippen LogP contribution >= 0.6 is 0 Å². The van der Waals surface area contributed by atoms with Crippen molar-refractivity contribution in [2.75, 3.05) is 26.9 Å². The second-order valence-electron chi connectivity index (χ2n) is 9.66. The van der Waals surface area contributed by atoms with Crippen molar-refractivity contribution < 1.29 is 27.4 Å². The first-order valence-electron chi connectivity index (χ1n) is 13.1. The number of hydrogen-bond donors (Lipinski definition) is 0. The number of aromatic nitrogens is 2. The third kappa shape index (κ3) is 7.20. The predicted octanol–water partition coefficient (Wildman–Crippen LogP) is 4.66. The van der Waals surface area contributed by atoms with Gasteiger partial charge in [-0.05, 0) is 68.0 Å². The van der Waals surface area contributed by atoms with Crippen LogP contribution in [-0.2, 0) is 26.0 Å². The topological polar surface area (TPSA) is 108 Å². The van der Waals surface area contributed by atoms with Crippen LogP contribution in [-0.4, -0.2) is 61.4 Å². The number of ketones is 1. The van der Waals surface area contributed by atoms with Gasteiger partial charge >= 0.3 is 0 Å². The molecule has 1 saturated heterocycles. The lowest BCUT2D eigenvalue weighted by atomic mass is 10.1. The molecule has 0 saturated carbocycles. The summed E-state index contributed by atoms with van der Waals surface area (Å²) in [6.07, 6.45) is 7.81. The van der Waals surface area contributed by atoms with Gasteiger partial charge in [-0.25, -0.2) is 13.4 Å². The van der Waals surface area contributed by atoms with E-state index >= 15 is 0 Å². The minimum atomic E-state index is -3.74. The summed E-state index contributed by atoms with van der Waals surface area (Å²) >= 11 is 0. The van der Waals surface area contributed by atoms with Crippen molar-refractivity contribution in [2.24, 2.45) is 0 Å². The average Bonchev–Trinajstić information content (AvgIpc) is 2.93. The number of benzene rings is 2. The number of aryl methyl sites for hydroxylation is 3. The van der Waals surface area contributed by atoms with Gasteiger partial charge in [0, 0.05) is 31.4 Å². The fourth-order valence-electron chi connectivity index (χ4n) is 4.93. The molecular weight excluding hydrogens is 518 g/mol. The molecular formula is C29H35N3O6S. The SMILES string of the molecule is COc1cc(C)c(S(=O)(=O)N2CCCCC2COCC(=O)CCc2ccccc2Oc2cnccn2)c(C)c1. The molecule has 0 bridgehead atoms. The van der Waals surface area contributed by atoms with Crippen LogP contribution in [0.2, 0.25) is 0 Å². The summed E-state index contributed by atoms with van der Waals surface area (Å²) in [5.41, 5.74) is 2.18.